The van der Waals surface area contributed by atoms with Crippen LogP contribution in [0.25, 0.3) is 0 Å². The van der Waals surface area contributed by atoms with Crippen molar-refractivity contribution < 1.29 is 18.0 Å². The largest absolute Gasteiger partial charge is 0.278 e. The molecule has 1 N–H and O–H groups in total. The lowest BCUT2D eigenvalue weighted by molar-refractivity contribution is -0.140. The number of rotatable bonds is 7. The number of amides is 2. The number of imide groups is 1. The van der Waals surface area contributed by atoms with E-state index in [0.29, 0.717) is 23.6 Å². The molecule has 28 heavy (non-hydrogen) atoms. The Morgan fingerprint density at radius 3 is 2.29 bits per heavy atom. The van der Waals surface area contributed by atoms with Gasteiger partial charge in [-0.3, -0.25) is 14.5 Å². The summed E-state index contributed by atoms with van der Waals surface area (Å²) >= 11 is 0. The minimum Gasteiger partial charge on any atom is -0.278 e. The second-order valence-electron chi connectivity index (χ2n) is 8.44. The Kier molecular flexibility index (Phi) is 6.25. The van der Waals surface area contributed by atoms with Gasteiger partial charge >= 0.3 is 0 Å². The molecule has 0 bridgehead atoms. The molecule has 0 aromatic heterocycles. The Bertz CT molecular complexity index is 839. The van der Waals surface area contributed by atoms with Crippen LogP contribution < -0.4 is 4.72 Å². The molecular formula is C21H30N2O4S. The van der Waals surface area contributed by atoms with Gasteiger partial charge in [-0.1, -0.05) is 38.8 Å². The number of benzene rings is 1. The number of likely N-dealkylation sites (tertiary alicyclic amines) is 1. The lowest BCUT2D eigenvalue weighted by atomic mass is 9.81. The van der Waals surface area contributed by atoms with Crippen molar-refractivity contribution in [2.24, 2.45) is 17.8 Å². The van der Waals surface area contributed by atoms with Gasteiger partial charge in [0, 0.05) is 6.54 Å². The van der Waals surface area contributed by atoms with E-state index in [-0.39, 0.29) is 35.1 Å². The van der Waals surface area contributed by atoms with Crippen LogP contribution in [0.4, 0.5) is 0 Å². The lowest BCUT2D eigenvalue weighted by Crippen LogP contribution is -2.31. The lowest BCUT2D eigenvalue weighted by Gasteiger charge is -2.19. The maximum atomic E-state index is 12.7. The van der Waals surface area contributed by atoms with Crippen LogP contribution in [0.5, 0.6) is 0 Å². The summed E-state index contributed by atoms with van der Waals surface area (Å²) in [5.41, 5.74) is 1.31. The van der Waals surface area contributed by atoms with E-state index >= 15 is 0 Å². The molecule has 0 unspecified atom stereocenters. The molecule has 7 heteroatoms. The van der Waals surface area contributed by atoms with Crippen molar-refractivity contribution >= 4 is 21.8 Å². The highest BCUT2D eigenvalue weighted by Crippen LogP contribution is 2.38. The zero-order valence-corrected chi connectivity index (χ0v) is 17.7. The normalized spacial score (nSPS) is 22.8. The average molecular weight is 407 g/mol. The van der Waals surface area contributed by atoms with Gasteiger partial charge < -0.3 is 0 Å². The average Bonchev–Trinajstić information content (AvgIpc) is 2.88. The first-order valence-electron chi connectivity index (χ1n) is 10.1. The SMILES string of the molecule is Cc1ccc(CN2C(=O)[C@H]3CCCC[C@H]3C2=O)cc1S(=O)(=O)NCCC(C)C. The standard InChI is InChI=1S/C21H30N2O4S/c1-14(2)10-11-22-28(26,27)19-12-16(9-8-15(19)3)13-23-20(24)17-6-4-5-7-18(17)21(23)25/h8-9,12,14,17-18,22H,4-7,10-11,13H2,1-3H3/t17-,18+. The van der Waals surface area contributed by atoms with Crippen LogP contribution in [-0.2, 0) is 26.2 Å². The van der Waals surface area contributed by atoms with E-state index in [9.17, 15) is 18.0 Å². The number of aryl methyl sites for hydroxylation is 1. The number of nitrogens with zero attached hydrogens (tertiary/aromatic N) is 1. The molecule has 2 atom stereocenters. The molecule has 1 aromatic carbocycles. The molecule has 2 fully saturated rings. The maximum Gasteiger partial charge on any atom is 0.240 e. The number of hydrogen-bond donors (Lipinski definition) is 1. The first-order chi connectivity index (χ1) is 13.2. The molecular weight excluding hydrogens is 376 g/mol. The van der Waals surface area contributed by atoms with E-state index in [1.54, 1.807) is 25.1 Å². The molecule has 1 aromatic rings. The van der Waals surface area contributed by atoms with Crippen molar-refractivity contribution in [1.29, 1.82) is 0 Å². The third-order valence-electron chi connectivity index (χ3n) is 5.83. The summed E-state index contributed by atoms with van der Waals surface area (Å²) in [5.74, 6) is -0.171. The Morgan fingerprint density at radius 1 is 1.11 bits per heavy atom. The zero-order chi connectivity index (χ0) is 20.5. The summed E-state index contributed by atoms with van der Waals surface area (Å²) in [4.78, 5) is 26.9. The van der Waals surface area contributed by atoms with Gasteiger partial charge in [-0.25, -0.2) is 13.1 Å². The number of carbonyl (C=O) groups is 2. The summed E-state index contributed by atoms with van der Waals surface area (Å²) in [6, 6.07) is 5.13. The number of hydrogen-bond acceptors (Lipinski definition) is 4. The summed E-state index contributed by atoms with van der Waals surface area (Å²) < 4.78 is 28.0. The molecule has 1 saturated carbocycles. The summed E-state index contributed by atoms with van der Waals surface area (Å²) in [7, 11) is -3.63. The van der Waals surface area contributed by atoms with Gasteiger partial charge in [0.25, 0.3) is 0 Å². The predicted molar refractivity (Wildman–Crippen MR) is 107 cm³/mol. The van der Waals surface area contributed by atoms with Crippen molar-refractivity contribution in [2.45, 2.75) is 64.3 Å². The number of sulfonamides is 1. The minimum atomic E-state index is -3.63. The third-order valence-corrected chi connectivity index (χ3v) is 7.43. The predicted octanol–water partition coefficient (Wildman–Crippen LogP) is 2.99. The van der Waals surface area contributed by atoms with Crippen molar-refractivity contribution in [1.82, 2.24) is 9.62 Å². The fraction of sp³-hybridized carbons (Fsp3) is 0.619. The highest BCUT2D eigenvalue weighted by Gasteiger charge is 2.47. The molecule has 6 nitrogen and oxygen atoms in total. The van der Waals surface area contributed by atoms with Gasteiger partial charge in [0.05, 0.1) is 23.3 Å². The van der Waals surface area contributed by atoms with E-state index < -0.39 is 10.0 Å². The van der Waals surface area contributed by atoms with Crippen molar-refractivity contribution in [3.8, 4) is 0 Å². The molecule has 1 saturated heterocycles. The van der Waals surface area contributed by atoms with Crippen LogP contribution in [0.3, 0.4) is 0 Å². The number of carbonyl (C=O) groups excluding carboxylic acids is 2. The van der Waals surface area contributed by atoms with Gasteiger partial charge in [0.1, 0.15) is 0 Å². The van der Waals surface area contributed by atoms with Gasteiger partial charge in [-0.05, 0) is 49.3 Å². The topological polar surface area (TPSA) is 83.6 Å². The monoisotopic (exact) mass is 406 g/mol. The van der Waals surface area contributed by atoms with Gasteiger partial charge in [0.2, 0.25) is 21.8 Å². The molecule has 3 rings (SSSR count). The smallest absolute Gasteiger partial charge is 0.240 e. The first-order valence-corrected chi connectivity index (χ1v) is 11.6. The van der Waals surface area contributed by atoms with Crippen LogP contribution in [0.1, 0.15) is 57.1 Å². The van der Waals surface area contributed by atoms with Crippen molar-refractivity contribution in [3.63, 3.8) is 0 Å². The number of fused-ring (bicyclic) bond motifs is 1. The van der Waals surface area contributed by atoms with Crippen molar-refractivity contribution in [2.75, 3.05) is 6.54 Å². The molecule has 0 radical (unpaired) electrons. The highest BCUT2D eigenvalue weighted by atomic mass is 32.2. The fourth-order valence-electron chi connectivity index (χ4n) is 4.16. The molecule has 154 valence electrons. The molecule has 2 aliphatic rings. The van der Waals surface area contributed by atoms with Crippen molar-refractivity contribution in [3.05, 3.63) is 29.3 Å². The van der Waals surface area contributed by atoms with E-state index in [1.165, 1.54) is 4.90 Å². The molecule has 1 aliphatic carbocycles. The summed E-state index contributed by atoms with van der Waals surface area (Å²) in [5, 5.41) is 0. The van der Waals surface area contributed by atoms with Crippen LogP contribution in [0.2, 0.25) is 0 Å². The third kappa shape index (κ3) is 4.30. The van der Waals surface area contributed by atoms with E-state index in [4.69, 9.17) is 0 Å². The quantitative estimate of drug-likeness (QED) is 0.706. The minimum absolute atomic E-state index is 0.102. The van der Waals surface area contributed by atoms with Crippen LogP contribution in [0, 0.1) is 24.7 Å². The Labute approximate surface area is 167 Å². The maximum absolute atomic E-state index is 12.7. The van der Waals surface area contributed by atoms with Crippen LogP contribution >= 0.6 is 0 Å². The number of nitrogens with one attached hydrogen (secondary N) is 1. The Hall–Kier alpha value is -1.73. The summed E-state index contributed by atoms with van der Waals surface area (Å²) in [6.07, 6.45) is 4.29. The second kappa shape index (κ2) is 8.33. The second-order valence-corrected chi connectivity index (χ2v) is 10.2. The molecule has 1 aliphatic heterocycles. The fourth-order valence-corrected chi connectivity index (χ4v) is 5.50. The first kappa shape index (κ1) is 21.0. The van der Waals surface area contributed by atoms with E-state index in [0.717, 1.165) is 32.1 Å². The van der Waals surface area contributed by atoms with Gasteiger partial charge in [-0.15, -0.1) is 0 Å². The Morgan fingerprint density at radius 2 is 1.71 bits per heavy atom. The van der Waals surface area contributed by atoms with Gasteiger partial charge in [-0.2, -0.15) is 0 Å². The zero-order valence-electron chi connectivity index (χ0n) is 16.9. The Balaban J connectivity index is 1.78. The highest BCUT2D eigenvalue weighted by molar-refractivity contribution is 7.89. The van der Waals surface area contributed by atoms with Crippen LogP contribution in [-0.4, -0.2) is 31.7 Å². The van der Waals surface area contributed by atoms with E-state index in [2.05, 4.69) is 4.72 Å². The molecule has 0 spiro atoms. The molecule has 2 amide bonds. The molecule has 1 heterocycles. The summed E-state index contributed by atoms with van der Waals surface area (Å²) in [6.45, 7) is 6.36. The van der Waals surface area contributed by atoms with E-state index in [1.807, 2.05) is 13.8 Å². The van der Waals surface area contributed by atoms with Gasteiger partial charge in [0.15, 0.2) is 0 Å². The van der Waals surface area contributed by atoms with Crippen LogP contribution in [0.15, 0.2) is 23.1 Å².